The third-order valence-corrected chi connectivity index (χ3v) is 2.78. The average molecular weight is 194 g/mol. The van der Waals surface area contributed by atoms with Crippen LogP contribution in [0.5, 0.6) is 0 Å². The molecule has 0 aromatic heterocycles. The number of benzene rings is 1. The Bertz CT molecular complexity index is 293. The summed E-state index contributed by atoms with van der Waals surface area (Å²) in [7, 11) is 0. The van der Waals surface area contributed by atoms with Crippen molar-refractivity contribution in [3.05, 3.63) is 35.9 Å². The molecule has 0 heterocycles. The van der Waals surface area contributed by atoms with Gasteiger partial charge in [-0.25, -0.2) is 4.79 Å². The number of hydrogen-bond donors (Lipinski definition) is 0. The topological polar surface area (TPSA) is 26.3 Å². The lowest BCUT2D eigenvalue weighted by Gasteiger charge is -2.00. The summed E-state index contributed by atoms with van der Waals surface area (Å²) < 4.78 is 5.03. The van der Waals surface area contributed by atoms with Crippen molar-refractivity contribution >= 4 is 18.0 Å². The molecule has 68 valence electrons. The monoisotopic (exact) mass is 194 g/mol. The predicted molar refractivity (Wildman–Crippen MR) is 52.5 cm³/mol. The fourth-order valence-corrected chi connectivity index (χ4v) is 1.55. The van der Waals surface area contributed by atoms with Crippen LogP contribution >= 0.6 is 12.0 Å². The smallest absolute Gasteiger partial charge is 0.350 e. The molecule has 0 atom stereocenters. The van der Waals surface area contributed by atoms with E-state index in [-0.39, 0.29) is 5.97 Å². The molecule has 0 aliphatic heterocycles. The van der Waals surface area contributed by atoms with Gasteiger partial charge in [-0.3, -0.25) is 0 Å². The van der Waals surface area contributed by atoms with E-state index in [0.717, 1.165) is 0 Å². The molecule has 0 bridgehead atoms. The zero-order chi connectivity index (χ0) is 9.10. The molecule has 0 unspecified atom stereocenters. The van der Waals surface area contributed by atoms with E-state index in [1.54, 1.807) is 12.1 Å². The number of carbonyl (C=O) groups excluding carboxylic acids is 1. The van der Waals surface area contributed by atoms with Crippen LogP contribution in [0.2, 0.25) is 0 Å². The summed E-state index contributed by atoms with van der Waals surface area (Å²) in [6.45, 7) is 0. The van der Waals surface area contributed by atoms with Gasteiger partial charge in [0, 0.05) is 5.25 Å². The van der Waals surface area contributed by atoms with Gasteiger partial charge in [0.05, 0.1) is 17.6 Å². The fourth-order valence-electron chi connectivity index (χ4n) is 0.898. The Morgan fingerprint density at radius 1 is 1.31 bits per heavy atom. The summed E-state index contributed by atoms with van der Waals surface area (Å²) in [5.41, 5.74) is 0.621. The summed E-state index contributed by atoms with van der Waals surface area (Å²) in [6.07, 6.45) is 2.35. The lowest BCUT2D eigenvalue weighted by Crippen LogP contribution is -1.99. The van der Waals surface area contributed by atoms with Gasteiger partial charge in [-0.15, -0.1) is 0 Å². The van der Waals surface area contributed by atoms with Crippen LogP contribution in [-0.4, -0.2) is 11.2 Å². The quantitative estimate of drug-likeness (QED) is 0.692. The highest BCUT2D eigenvalue weighted by atomic mass is 32.2. The standard InChI is InChI=1S/C10H10O2S/c11-10(12-13-9-6-7-9)8-4-2-1-3-5-8/h1-5,9H,6-7H2. The van der Waals surface area contributed by atoms with Gasteiger partial charge in [0.15, 0.2) is 0 Å². The van der Waals surface area contributed by atoms with E-state index in [4.69, 9.17) is 4.18 Å². The molecular weight excluding hydrogens is 184 g/mol. The number of rotatable bonds is 3. The van der Waals surface area contributed by atoms with E-state index < -0.39 is 0 Å². The van der Waals surface area contributed by atoms with E-state index in [1.165, 1.54) is 24.9 Å². The van der Waals surface area contributed by atoms with E-state index in [0.29, 0.717) is 10.8 Å². The number of hydrogen-bond acceptors (Lipinski definition) is 3. The maximum Gasteiger partial charge on any atom is 0.350 e. The van der Waals surface area contributed by atoms with Crippen molar-refractivity contribution in [3.8, 4) is 0 Å². The Hall–Kier alpha value is -0.960. The van der Waals surface area contributed by atoms with Crippen molar-refractivity contribution in [2.75, 3.05) is 0 Å². The highest BCUT2D eigenvalue weighted by Crippen LogP contribution is 2.34. The van der Waals surface area contributed by atoms with E-state index >= 15 is 0 Å². The van der Waals surface area contributed by atoms with Crippen molar-refractivity contribution in [1.29, 1.82) is 0 Å². The van der Waals surface area contributed by atoms with E-state index in [9.17, 15) is 4.79 Å². The summed E-state index contributed by atoms with van der Waals surface area (Å²) in [5.74, 6) is -0.238. The van der Waals surface area contributed by atoms with Crippen LogP contribution in [0.15, 0.2) is 30.3 Å². The van der Waals surface area contributed by atoms with Crippen molar-refractivity contribution < 1.29 is 8.98 Å². The van der Waals surface area contributed by atoms with Crippen LogP contribution in [0.1, 0.15) is 23.2 Å². The second kappa shape index (κ2) is 3.83. The van der Waals surface area contributed by atoms with Crippen molar-refractivity contribution in [2.24, 2.45) is 0 Å². The van der Waals surface area contributed by atoms with Crippen LogP contribution in [0, 0.1) is 0 Å². The molecule has 2 rings (SSSR count). The summed E-state index contributed by atoms with van der Waals surface area (Å²) in [6, 6.07) is 9.06. The minimum atomic E-state index is -0.238. The fraction of sp³-hybridized carbons (Fsp3) is 0.300. The first kappa shape index (κ1) is 8.63. The maximum absolute atomic E-state index is 11.3. The molecule has 0 radical (unpaired) electrons. The molecule has 1 aliphatic carbocycles. The van der Waals surface area contributed by atoms with Gasteiger partial charge in [-0.05, 0) is 25.0 Å². The number of carbonyl (C=O) groups is 1. The minimum absolute atomic E-state index is 0.238. The Morgan fingerprint density at radius 2 is 2.00 bits per heavy atom. The molecule has 2 nitrogen and oxygen atoms in total. The first-order valence-electron chi connectivity index (χ1n) is 4.29. The molecule has 3 heteroatoms. The average Bonchev–Trinajstić information content (AvgIpc) is 2.99. The normalized spacial score (nSPS) is 15.4. The van der Waals surface area contributed by atoms with Crippen LogP contribution < -0.4 is 0 Å². The summed E-state index contributed by atoms with van der Waals surface area (Å²) >= 11 is 1.30. The van der Waals surface area contributed by atoms with Gasteiger partial charge in [0.1, 0.15) is 0 Å². The SMILES string of the molecule is O=C(OSC1CC1)c1ccccc1. The van der Waals surface area contributed by atoms with E-state index in [2.05, 4.69) is 0 Å². The molecule has 13 heavy (non-hydrogen) atoms. The maximum atomic E-state index is 11.3. The van der Waals surface area contributed by atoms with Crippen molar-refractivity contribution in [3.63, 3.8) is 0 Å². The van der Waals surface area contributed by atoms with Crippen LogP contribution in [-0.2, 0) is 4.18 Å². The Kier molecular flexibility index (Phi) is 2.54. The van der Waals surface area contributed by atoms with Crippen LogP contribution in [0.4, 0.5) is 0 Å². The van der Waals surface area contributed by atoms with Crippen molar-refractivity contribution in [1.82, 2.24) is 0 Å². The largest absolute Gasteiger partial charge is 0.387 e. The van der Waals surface area contributed by atoms with Gasteiger partial charge >= 0.3 is 5.97 Å². The molecule has 0 amide bonds. The third-order valence-electron chi connectivity index (χ3n) is 1.79. The van der Waals surface area contributed by atoms with Crippen molar-refractivity contribution in [2.45, 2.75) is 18.1 Å². The van der Waals surface area contributed by atoms with Gasteiger partial charge < -0.3 is 4.18 Å². The zero-order valence-electron chi connectivity index (χ0n) is 7.10. The van der Waals surface area contributed by atoms with Gasteiger partial charge in [0.2, 0.25) is 0 Å². The highest BCUT2D eigenvalue weighted by molar-refractivity contribution is 7.95. The summed E-state index contributed by atoms with van der Waals surface area (Å²) in [4.78, 5) is 11.3. The first-order valence-corrected chi connectivity index (χ1v) is 5.09. The zero-order valence-corrected chi connectivity index (χ0v) is 7.92. The molecule has 1 aromatic rings. The first-order chi connectivity index (χ1) is 6.36. The lowest BCUT2D eigenvalue weighted by molar-refractivity contribution is 0.0768. The second-order valence-electron chi connectivity index (χ2n) is 3.03. The van der Waals surface area contributed by atoms with Gasteiger partial charge in [0.25, 0.3) is 0 Å². The summed E-state index contributed by atoms with van der Waals surface area (Å²) in [5, 5.41) is 0.549. The molecule has 0 N–H and O–H groups in total. The second-order valence-corrected chi connectivity index (χ2v) is 4.06. The highest BCUT2D eigenvalue weighted by Gasteiger charge is 2.25. The molecule has 0 spiro atoms. The molecule has 1 aromatic carbocycles. The van der Waals surface area contributed by atoms with Crippen LogP contribution in [0.3, 0.4) is 0 Å². The molecule has 0 saturated heterocycles. The van der Waals surface area contributed by atoms with Gasteiger partial charge in [-0.2, -0.15) is 0 Å². The third kappa shape index (κ3) is 2.49. The minimum Gasteiger partial charge on any atom is -0.387 e. The Balaban J connectivity index is 1.89. The molecular formula is C10H10O2S. The lowest BCUT2D eigenvalue weighted by atomic mass is 10.2. The molecule has 1 saturated carbocycles. The van der Waals surface area contributed by atoms with Gasteiger partial charge in [-0.1, -0.05) is 18.2 Å². The molecule has 1 aliphatic rings. The van der Waals surface area contributed by atoms with E-state index in [1.807, 2.05) is 18.2 Å². The van der Waals surface area contributed by atoms with Crippen LogP contribution in [0.25, 0.3) is 0 Å². The Labute approximate surface area is 81.5 Å². The molecule has 1 fully saturated rings. The Morgan fingerprint density at radius 3 is 2.62 bits per heavy atom. The predicted octanol–water partition coefficient (Wildman–Crippen LogP) is 2.65.